The van der Waals surface area contributed by atoms with Crippen LogP contribution in [-0.4, -0.2) is 5.16 Å². The average Bonchev–Trinajstić information content (AvgIpc) is 2.69. The maximum Gasteiger partial charge on any atom is 0.138 e. The highest BCUT2D eigenvalue weighted by molar-refractivity contribution is 5.32. The normalized spacial score (nSPS) is 41.6. The van der Waals surface area contributed by atoms with Crippen molar-refractivity contribution in [1.29, 1.82) is 0 Å². The van der Waals surface area contributed by atoms with E-state index in [2.05, 4.69) is 5.16 Å². The van der Waals surface area contributed by atoms with Crippen molar-refractivity contribution in [2.24, 2.45) is 23.5 Å². The monoisotopic (exact) mass is 246 g/mol. The first-order chi connectivity index (χ1) is 8.70. The molecule has 0 unspecified atom stereocenters. The summed E-state index contributed by atoms with van der Waals surface area (Å²) in [5, 5.41) is 4.42. The van der Waals surface area contributed by atoms with Crippen LogP contribution in [-0.2, 0) is 12.0 Å². The first-order valence-electron chi connectivity index (χ1n) is 7.36. The fourth-order valence-electron chi connectivity index (χ4n) is 5.45. The molecule has 0 amide bonds. The third-order valence-corrected chi connectivity index (χ3v) is 5.73. The SMILES string of the molecule is Cc1onc(C23CC4CC(CC(C4)C2)C3)c1CN. The first kappa shape index (κ1) is 11.0. The number of aryl methyl sites for hydroxylation is 1. The second-order valence-electron chi connectivity index (χ2n) is 6.97. The van der Waals surface area contributed by atoms with Gasteiger partial charge in [-0.1, -0.05) is 5.16 Å². The molecule has 3 nitrogen and oxygen atoms in total. The molecule has 4 aliphatic rings. The van der Waals surface area contributed by atoms with Crippen molar-refractivity contribution in [3.05, 3.63) is 17.0 Å². The van der Waals surface area contributed by atoms with E-state index in [9.17, 15) is 0 Å². The molecule has 5 rings (SSSR count). The average molecular weight is 246 g/mol. The van der Waals surface area contributed by atoms with Gasteiger partial charge >= 0.3 is 0 Å². The third kappa shape index (κ3) is 1.37. The number of hydrogen-bond acceptors (Lipinski definition) is 3. The summed E-state index contributed by atoms with van der Waals surface area (Å²) in [6.07, 6.45) is 8.39. The smallest absolute Gasteiger partial charge is 0.138 e. The van der Waals surface area contributed by atoms with Gasteiger partial charge in [0, 0.05) is 17.5 Å². The summed E-state index contributed by atoms with van der Waals surface area (Å²) < 4.78 is 5.45. The summed E-state index contributed by atoms with van der Waals surface area (Å²) in [6, 6.07) is 0. The largest absolute Gasteiger partial charge is 0.361 e. The fraction of sp³-hybridized carbons (Fsp3) is 0.800. The van der Waals surface area contributed by atoms with Gasteiger partial charge in [-0.3, -0.25) is 0 Å². The summed E-state index contributed by atoms with van der Waals surface area (Å²) >= 11 is 0. The van der Waals surface area contributed by atoms with E-state index < -0.39 is 0 Å². The summed E-state index contributed by atoms with van der Waals surface area (Å²) in [4.78, 5) is 0. The molecule has 0 atom stereocenters. The molecule has 1 heterocycles. The zero-order valence-electron chi connectivity index (χ0n) is 11.1. The molecular formula is C15H22N2O. The van der Waals surface area contributed by atoms with Gasteiger partial charge in [0.15, 0.2) is 0 Å². The predicted molar refractivity (Wildman–Crippen MR) is 69.0 cm³/mol. The summed E-state index contributed by atoms with van der Waals surface area (Å²) in [7, 11) is 0. The van der Waals surface area contributed by atoms with Crippen molar-refractivity contribution in [3.8, 4) is 0 Å². The molecule has 4 bridgehead atoms. The molecule has 2 N–H and O–H groups in total. The molecule has 4 fully saturated rings. The minimum absolute atomic E-state index is 0.321. The molecule has 0 saturated heterocycles. The minimum Gasteiger partial charge on any atom is -0.361 e. The van der Waals surface area contributed by atoms with Gasteiger partial charge in [-0.2, -0.15) is 0 Å². The maximum absolute atomic E-state index is 5.91. The molecule has 4 aliphatic carbocycles. The predicted octanol–water partition coefficient (Wildman–Crippen LogP) is 2.91. The van der Waals surface area contributed by atoms with Gasteiger partial charge in [-0.15, -0.1) is 0 Å². The lowest BCUT2D eigenvalue weighted by atomic mass is 9.48. The molecule has 1 aromatic heterocycles. The zero-order valence-corrected chi connectivity index (χ0v) is 11.1. The molecule has 0 radical (unpaired) electrons. The molecule has 3 heteroatoms. The molecule has 4 saturated carbocycles. The number of nitrogens with zero attached hydrogens (tertiary/aromatic N) is 1. The summed E-state index contributed by atoms with van der Waals surface area (Å²) in [6.45, 7) is 2.58. The quantitative estimate of drug-likeness (QED) is 0.873. The lowest BCUT2D eigenvalue weighted by Gasteiger charge is -2.56. The van der Waals surface area contributed by atoms with Crippen LogP contribution in [0, 0.1) is 24.7 Å². The van der Waals surface area contributed by atoms with Gasteiger partial charge in [0.05, 0.1) is 5.69 Å². The van der Waals surface area contributed by atoms with Crippen LogP contribution in [0.5, 0.6) is 0 Å². The lowest BCUT2D eigenvalue weighted by molar-refractivity contribution is -0.00881. The van der Waals surface area contributed by atoms with Crippen LogP contribution in [0.2, 0.25) is 0 Å². The molecule has 0 aliphatic heterocycles. The van der Waals surface area contributed by atoms with Crippen molar-refractivity contribution in [2.45, 2.75) is 57.4 Å². The standard InChI is InChI=1S/C15H22N2O/c1-9-13(8-16)14(17-18-9)15-5-10-2-11(6-15)4-12(3-10)7-15/h10-12H,2-8,16H2,1H3. The van der Waals surface area contributed by atoms with E-state index >= 15 is 0 Å². The molecule has 0 aromatic carbocycles. The van der Waals surface area contributed by atoms with E-state index in [1.54, 1.807) is 0 Å². The maximum atomic E-state index is 5.91. The first-order valence-corrected chi connectivity index (χ1v) is 7.36. The van der Waals surface area contributed by atoms with Crippen molar-refractivity contribution >= 4 is 0 Å². The van der Waals surface area contributed by atoms with Crippen LogP contribution in [0.1, 0.15) is 55.5 Å². The number of nitrogens with two attached hydrogens (primary N) is 1. The van der Waals surface area contributed by atoms with Gasteiger partial charge in [0.1, 0.15) is 5.76 Å². The third-order valence-electron chi connectivity index (χ3n) is 5.73. The van der Waals surface area contributed by atoms with Crippen LogP contribution in [0.15, 0.2) is 4.52 Å². The minimum atomic E-state index is 0.321. The van der Waals surface area contributed by atoms with Crippen LogP contribution in [0.3, 0.4) is 0 Å². The fourth-order valence-corrected chi connectivity index (χ4v) is 5.45. The number of hydrogen-bond donors (Lipinski definition) is 1. The van der Waals surface area contributed by atoms with E-state index in [0.717, 1.165) is 23.5 Å². The highest BCUT2D eigenvalue weighted by Gasteiger charge is 2.53. The van der Waals surface area contributed by atoms with Crippen LogP contribution in [0.4, 0.5) is 0 Å². The molecular weight excluding hydrogens is 224 g/mol. The number of aromatic nitrogens is 1. The van der Waals surface area contributed by atoms with Gasteiger partial charge in [0.25, 0.3) is 0 Å². The second kappa shape index (κ2) is 3.60. The van der Waals surface area contributed by atoms with E-state index in [1.165, 1.54) is 49.8 Å². The van der Waals surface area contributed by atoms with Gasteiger partial charge in [0.2, 0.25) is 0 Å². The molecule has 18 heavy (non-hydrogen) atoms. The highest BCUT2D eigenvalue weighted by Crippen LogP contribution is 2.60. The Balaban J connectivity index is 1.79. The van der Waals surface area contributed by atoms with Crippen molar-refractivity contribution in [2.75, 3.05) is 0 Å². The summed E-state index contributed by atoms with van der Waals surface area (Å²) in [5.41, 5.74) is 8.65. The van der Waals surface area contributed by atoms with E-state index in [-0.39, 0.29) is 0 Å². The Morgan fingerprint density at radius 2 is 1.72 bits per heavy atom. The summed E-state index contributed by atoms with van der Waals surface area (Å²) in [5.74, 6) is 3.76. The van der Waals surface area contributed by atoms with Gasteiger partial charge in [-0.05, 0) is 63.2 Å². The van der Waals surface area contributed by atoms with Crippen molar-refractivity contribution in [1.82, 2.24) is 5.16 Å². The number of rotatable bonds is 2. The second-order valence-corrected chi connectivity index (χ2v) is 6.97. The zero-order chi connectivity index (χ0) is 12.3. The Bertz CT molecular complexity index is 442. The topological polar surface area (TPSA) is 52.0 Å². The lowest BCUT2D eigenvalue weighted by Crippen LogP contribution is -2.49. The Labute approximate surface area is 108 Å². The van der Waals surface area contributed by atoms with E-state index in [1.807, 2.05) is 6.92 Å². The van der Waals surface area contributed by atoms with E-state index in [0.29, 0.717) is 12.0 Å². The van der Waals surface area contributed by atoms with Gasteiger partial charge < -0.3 is 10.3 Å². The Morgan fingerprint density at radius 3 is 2.22 bits per heavy atom. The van der Waals surface area contributed by atoms with Crippen molar-refractivity contribution in [3.63, 3.8) is 0 Å². The van der Waals surface area contributed by atoms with Crippen LogP contribution < -0.4 is 5.73 Å². The molecule has 1 aromatic rings. The highest BCUT2D eigenvalue weighted by atomic mass is 16.5. The van der Waals surface area contributed by atoms with Crippen LogP contribution in [0.25, 0.3) is 0 Å². The Morgan fingerprint density at radius 1 is 1.17 bits per heavy atom. The Hall–Kier alpha value is -0.830. The van der Waals surface area contributed by atoms with Crippen molar-refractivity contribution < 1.29 is 4.52 Å². The molecule has 98 valence electrons. The molecule has 0 spiro atoms. The Kier molecular flexibility index (Phi) is 2.20. The van der Waals surface area contributed by atoms with Gasteiger partial charge in [-0.25, -0.2) is 0 Å². The van der Waals surface area contributed by atoms with E-state index in [4.69, 9.17) is 10.3 Å². The van der Waals surface area contributed by atoms with Crippen LogP contribution >= 0.6 is 0 Å².